The fourth-order valence-corrected chi connectivity index (χ4v) is 1.81. The van der Waals surface area contributed by atoms with E-state index in [2.05, 4.69) is 0 Å². The van der Waals surface area contributed by atoms with E-state index >= 15 is 0 Å². The molecule has 1 aromatic rings. The SMILES string of the molecule is N[C@H]1CC(=O)CO[C@@H]1c1cc(F)c(F)cc1F. The largest absolute Gasteiger partial charge is 0.364 e. The second kappa shape index (κ2) is 4.46. The third-order valence-corrected chi connectivity index (χ3v) is 2.62. The zero-order valence-corrected chi connectivity index (χ0v) is 8.75. The fraction of sp³-hybridized carbons (Fsp3) is 0.364. The molecule has 0 saturated carbocycles. The summed E-state index contributed by atoms with van der Waals surface area (Å²) in [5, 5.41) is 0. The molecular weight excluding hydrogens is 235 g/mol. The van der Waals surface area contributed by atoms with Gasteiger partial charge in [0.15, 0.2) is 17.4 Å². The van der Waals surface area contributed by atoms with E-state index in [0.29, 0.717) is 12.1 Å². The summed E-state index contributed by atoms with van der Waals surface area (Å²) in [5.74, 6) is -3.57. The van der Waals surface area contributed by atoms with Gasteiger partial charge in [-0.15, -0.1) is 0 Å². The van der Waals surface area contributed by atoms with Gasteiger partial charge < -0.3 is 10.5 Å². The molecule has 0 aliphatic carbocycles. The summed E-state index contributed by atoms with van der Waals surface area (Å²) in [5.41, 5.74) is 5.47. The standard InChI is InChI=1S/C11H10F3NO2/c12-7-3-9(14)8(13)2-6(7)11-10(15)1-5(16)4-17-11/h2-3,10-11H,1,4,15H2/t10-,11+/m0/s1. The molecular formula is C11H10F3NO2. The van der Waals surface area contributed by atoms with Crippen molar-refractivity contribution >= 4 is 5.78 Å². The maximum Gasteiger partial charge on any atom is 0.161 e. The lowest BCUT2D eigenvalue weighted by Gasteiger charge is -2.28. The smallest absolute Gasteiger partial charge is 0.161 e. The zero-order chi connectivity index (χ0) is 12.6. The van der Waals surface area contributed by atoms with Crippen LogP contribution in [0.25, 0.3) is 0 Å². The van der Waals surface area contributed by atoms with Crippen molar-refractivity contribution in [2.45, 2.75) is 18.6 Å². The predicted octanol–water partition coefficient (Wildman–Crippen LogP) is 1.46. The molecule has 1 aromatic carbocycles. The molecule has 1 heterocycles. The van der Waals surface area contributed by atoms with Crippen LogP contribution < -0.4 is 5.73 Å². The molecule has 0 amide bonds. The lowest BCUT2D eigenvalue weighted by Crippen LogP contribution is -2.39. The number of ketones is 1. The van der Waals surface area contributed by atoms with Crippen LogP contribution in [0.2, 0.25) is 0 Å². The van der Waals surface area contributed by atoms with E-state index in [1.807, 2.05) is 0 Å². The van der Waals surface area contributed by atoms with E-state index in [1.165, 1.54) is 0 Å². The van der Waals surface area contributed by atoms with Crippen LogP contribution in [0.5, 0.6) is 0 Å². The minimum absolute atomic E-state index is 0.0309. The summed E-state index contributed by atoms with van der Waals surface area (Å²) in [4.78, 5) is 11.0. The Kier molecular flexibility index (Phi) is 3.17. The van der Waals surface area contributed by atoms with Gasteiger partial charge in [0.25, 0.3) is 0 Å². The molecule has 0 aromatic heterocycles. The van der Waals surface area contributed by atoms with Crippen molar-refractivity contribution in [3.05, 3.63) is 35.1 Å². The molecule has 6 heteroatoms. The van der Waals surface area contributed by atoms with E-state index in [1.54, 1.807) is 0 Å². The minimum Gasteiger partial charge on any atom is -0.364 e. The van der Waals surface area contributed by atoms with Crippen LogP contribution in [0.15, 0.2) is 12.1 Å². The Labute approximate surface area is 95.4 Å². The number of benzene rings is 1. The Balaban J connectivity index is 2.34. The van der Waals surface area contributed by atoms with E-state index < -0.39 is 29.6 Å². The van der Waals surface area contributed by atoms with Gasteiger partial charge in [-0.2, -0.15) is 0 Å². The quantitative estimate of drug-likeness (QED) is 0.762. The molecule has 92 valence electrons. The molecule has 2 atom stereocenters. The lowest BCUT2D eigenvalue weighted by molar-refractivity contribution is -0.133. The number of carbonyl (C=O) groups excluding carboxylic acids is 1. The zero-order valence-electron chi connectivity index (χ0n) is 8.75. The van der Waals surface area contributed by atoms with Gasteiger partial charge >= 0.3 is 0 Å². The number of Topliss-reactive ketones (excluding diaryl/α,β-unsaturated/α-hetero) is 1. The Bertz CT molecular complexity index is 464. The summed E-state index contributed by atoms with van der Waals surface area (Å²) in [7, 11) is 0. The van der Waals surface area contributed by atoms with Gasteiger partial charge in [-0.05, 0) is 6.07 Å². The van der Waals surface area contributed by atoms with Crippen molar-refractivity contribution < 1.29 is 22.7 Å². The van der Waals surface area contributed by atoms with Gasteiger partial charge in [0.1, 0.15) is 18.5 Å². The molecule has 17 heavy (non-hydrogen) atoms. The molecule has 2 N–H and O–H groups in total. The Morgan fingerprint density at radius 1 is 1.18 bits per heavy atom. The van der Waals surface area contributed by atoms with Crippen LogP contribution in [0.1, 0.15) is 18.1 Å². The number of halogens is 3. The van der Waals surface area contributed by atoms with Crippen molar-refractivity contribution in [3.63, 3.8) is 0 Å². The first-order valence-corrected chi connectivity index (χ1v) is 5.02. The van der Waals surface area contributed by atoms with Crippen LogP contribution in [0.3, 0.4) is 0 Å². The number of rotatable bonds is 1. The van der Waals surface area contributed by atoms with Crippen LogP contribution in [-0.4, -0.2) is 18.4 Å². The molecule has 1 saturated heterocycles. The van der Waals surface area contributed by atoms with Gasteiger partial charge in [-0.25, -0.2) is 13.2 Å². The average molecular weight is 245 g/mol. The summed E-state index contributed by atoms with van der Waals surface area (Å²) in [6, 6.07) is 0.401. The van der Waals surface area contributed by atoms with Crippen molar-refractivity contribution in [1.29, 1.82) is 0 Å². The molecule has 1 aliphatic heterocycles. The third-order valence-electron chi connectivity index (χ3n) is 2.62. The predicted molar refractivity (Wildman–Crippen MR) is 52.6 cm³/mol. The van der Waals surface area contributed by atoms with Crippen LogP contribution in [0.4, 0.5) is 13.2 Å². The number of carbonyl (C=O) groups is 1. The summed E-state index contributed by atoms with van der Waals surface area (Å²) >= 11 is 0. The highest BCUT2D eigenvalue weighted by molar-refractivity contribution is 5.81. The highest BCUT2D eigenvalue weighted by atomic mass is 19.2. The van der Waals surface area contributed by atoms with E-state index in [0.717, 1.165) is 0 Å². The fourth-order valence-electron chi connectivity index (χ4n) is 1.81. The van der Waals surface area contributed by atoms with Crippen LogP contribution in [-0.2, 0) is 9.53 Å². The minimum atomic E-state index is -1.27. The normalized spacial score (nSPS) is 25.1. The number of ether oxygens (including phenoxy) is 1. The molecule has 1 aliphatic rings. The van der Waals surface area contributed by atoms with Crippen LogP contribution in [0, 0.1) is 17.5 Å². The maximum absolute atomic E-state index is 13.5. The molecule has 1 fully saturated rings. The van der Waals surface area contributed by atoms with Crippen molar-refractivity contribution in [2.24, 2.45) is 5.73 Å². The molecule has 2 rings (SSSR count). The molecule has 3 nitrogen and oxygen atoms in total. The molecule has 0 radical (unpaired) electrons. The van der Waals surface area contributed by atoms with Crippen LogP contribution >= 0.6 is 0 Å². The Hall–Kier alpha value is -1.40. The maximum atomic E-state index is 13.5. The van der Waals surface area contributed by atoms with E-state index in [4.69, 9.17) is 10.5 Å². The third kappa shape index (κ3) is 2.32. The van der Waals surface area contributed by atoms with E-state index in [9.17, 15) is 18.0 Å². The number of nitrogens with two attached hydrogens (primary N) is 1. The first kappa shape index (κ1) is 12.1. The molecule has 0 unspecified atom stereocenters. The van der Waals surface area contributed by atoms with Gasteiger partial charge in [-0.1, -0.05) is 0 Å². The molecule has 0 bridgehead atoms. The molecule has 0 spiro atoms. The number of hydrogen-bond donors (Lipinski definition) is 1. The Morgan fingerprint density at radius 2 is 1.82 bits per heavy atom. The first-order chi connectivity index (χ1) is 7.99. The second-order valence-electron chi connectivity index (χ2n) is 3.93. The lowest BCUT2D eigenvalue weighted by atomic mass is 9.95. The van der Waals surface area contributed by atoms with Gasteiger partial charge in [-0.3, -0.25) is 4.79 Å². The highest BCUT2D eigenvalue weighted by Gasteiger charge is 2.31. The van der Waals surface area contributed by atoms with Crippen molar-refractivity contribution in [2.75, 3.05) is 6.61 Å². The monoisotopic (exact) mass is 245 g/mol. The summed E-state index contributed by atoms with van der Waals surface area (Å²) in [6.07, 6.45) is -0.897. The van der Waals surface area contributed by atoms with Gasteiger partial charge in [0, 0.05) is 24.1 Å². The topological polar surface area (TPSA) is 52.3 Å². The van der Waals surface area contributed by atoms with Crippen molar-refractivity contribution in [3.8, 4) is 0 Å². The van der Waals surface area contributed by atoms with Gasteiger partial charge in [0.05, 0.1) is 0 Å². The van der Waals surface area contributed by atoms with E-state index in [-0.39, 0.29) is 24.4 Å². The number of hydrogen-bond acceptors (Lipinski definition) is 3. The average Bonchev–Trinajstić information content (AvgIpc) is 2.24. The van der Waals surface area contributed by atoms with Gasteiger partial charge in [0.2, 0.25) is 0 Å². The summed E-state index contributed by atoms with van der Waals surface area (Å²) < 4.78 is 44.3. The highest BCUT2D eigenvalue weighted by Crippen LogP contribution is 2.29. The first-order valence-electron chi connectivity index (χ1n) is 5.02. The second-order valence-corrected chi connectivity index (χ2v) is 3.93. The summed E-state index contributed by atoms with van der Waals surface area (Å²) in [6.45, 7) is -0.198. The Morgan fingerprint density at radius 3 is 2.47 bits per heavy atom. The van der Waals surface area contributed by atoms with Crippen molar-refractivity contribution in [1.82, 2.24) is 0 Å².